The lowest BCUT2D eigenvalue weighted by atomic mass is 10.1. The summed E-state index contributed by atoms with van der Waals surface area (Å²) in [5, 5.41) is 0. The number of thiocarbonyl (C=S) groups is 1. The molecule has 0 fully saturated rings. The number of benzene rings is 1. The van der Waals surface area contributed by atoms with E-state index in [0.29, 0.717) is 11.6 Å². The van der Waals surface area contributed by atoms with Crippen LogP contribution in [-0.2, 0) is 0 Å². The fourth-order valence-corrected chi connectivity index (χ4v) is 1.60. The van der Waals surface area contributed by atoms with Crippen molar-refractivity contribution in [2.45, 2.75) is 26.7 Å². The summed E-state index contributed by atoms with van der Waals surface area (Å²) in [6.45, 7) is 4.80. The lowest BCUT2D eigenvalue weighted by Crippen LogP contribution is -2.09. The van der Waals surface area contributed by atoms with Crippen molar-refractivity contribution in [1.29, 1.82) is 0 Å². The minimum atomic E-state index is 0.555. The van der Waals surface area contributed by atoms with Gasteiger partial charge in [-0.2, -0.15) is 0 Å². The molecular formula is C12H17NOS. The van der Waals surface area contributed by atoms with Crippen molar-refractivity contribution >= 4 is 17.2 Å². The minimum Gasteiger partial charge on any atom is -0.494 e. The van der Waals surface area contributed by atoms with Crippen LogP contribution in [-0.4, -0.2) is 11.6 Å². The highest BCUT2D eigenvalue weighted by atomic mass is 32.1. The normalized spacial score (nSPS) is 10.0. The van der Waals surface area contributed by atoms with Gasteiger partial charge in [-0.25, -0.2) is 0 Å². The third kappa shape index (κ3) is 4.79. The predicted octanol–water partition coefficient (Wildman–Crippen LogP) is 2.75. The molecule has 1 aromatic carbocycles. The smallest absolute Gasteiger partial charge is 0.119 e. The van der Waals surface area contributed by atoms with Crippen molar-refractivity contribution in [2.75, 3.05) is 6.61 Å². The fourth-order valence-electron chi connectivity index (χ4n) is 1.45. The van der Waals surface area contributed by atoms with E-state index in [-0.39, 0.29) is 0 Å². The van der Waals surface area contributed by atoms with E-state index in [9.17, 15) is 0 Å². The molecule has 0 aromatic heterocycles. The van der Waals surface area contributed by atoms with Crippen LogP contribution in [0.5, 0.6) is 5.75 Å². The highest BCUT2D eigenvalue weighted by Crippen LogP contribution is 2.16. The second-order valence-electron chi connectivity index (χ2n) is 3.74. The number of nitrogens with two attached hydrogens (primary N) is 1. The predicted molar refractivity (Wildman–Crippen MR) is 67.4 cm³/mol. The van der Waals surface area contributed by atoms with E-state index >= 15 is 0 Å². The molecule has 0 atom stereocenters. The number of hydrogen-bond donors (Lipinski definition) is 1. The van der Waals surface area contributed by atoms with Crippen molar-refractivity contribution in [1.82, 2.24) is 0 Å². The Bertz CT molecular complexity index is 329. The van der Waals surface area contributed by atoms with Gasteiger partial charge in [0, 0.05) is 6.42 Å². The molecule has 15 heavy (non-hydrogen) atoms. The van der Waals surface area contributed by atoms with Crippen LogP contribution < -0.4 is 10.5 Å². The van der Waals surface area contributed by atoms with Gasteiger partial charge in [-0.1, -0.05) is 18.3 Å². The largest absolute Gasteiger partial charge is 0.494 e. The average molecular weight is 223 g/mol. The van der Waals surface area contributed by atoms with Crippen molar-refractivity contribution < 1.29 is 4.74 Å². The van der Waals surface area contributed by atoms with Gasteiger partial charge in [0.2, 0.25) is 0 Å². The van der Waals surface area contributed by atoms with Crippen LogP contribution >= 0.6 is 12.2 Å². The first-order valence-electron chi connectivity index (χ1n) is 5.07. The maximum Gasteiger partial charge on any atom is 0.119 e. The van der Waals surface area contributed by atoms with E-state index < -0.39 is 0 Å². The Morgan fingerprint density at radius 1 is 1.27 bits per heavy atom. The Hall–Kier alpha value is -1.09. The minimum absolute atomic E-state index is 0.555. The number of ether oxygens (including phenoxy) is 1. The molecule has 0 aliphatic heterocycles. The number of hydrogen-bond acceptors (Lipinski definition) is 2. The molecule has 2 nitrogen and oxygen atoms in total. The molecule has 0 bridgehead atoms. The van der Waals surface area contributed by atoms with E-state index in [2.05, 4.69) is 19.9 Å². The monoisotopic (exact) mass is 223 g/mol. The van der Waals surface area contributed by atoms with Gasteiger partial charge >= 0.3 is 0 Å². The zero-order valence-electron chi connectivity index (χ0n) is 9.25. The van der Waals surface area contributed by atoms with Crippen LogP contribution in [0.15, 0.2) is 18.2 Å². The maximum absolute atomic E-state index is 5.60. The Morgan fingerprint density at radius 2 is 1.87 bits per heavy atom. The van der Waals surface area contributed by atoms with Crippen molar-refractivity contribution in [2.24, 2.45) is 5.73 Å². The second kappa shape index (κ2) is 5.71. The summed E-state index contributed by atoms with van der Waals surface area (Å²) < 4.78 is 5.60. The standard InChI is InChI=1S/C12H17NOS/c1-9-6-10(2)8-11(7-9)14-5-3-4-12(13)15/h6-8H,3-5H2,1-2H3,(H2,13,15). The summed E-state index contributed by atoms with van der Waals surface area (Å²) in [4.78, 5) is 0.555. The van der Waals surface area contributed by atoms with Gasteiger partial charge in [-0.3, -0.25) is 0 Å². The highest BCUT2D eigenvalue weighted by Gasteiger charge is 1.97. The van der Waals surface area contributed by atoms with Crippen molar-refractivity contribution in [3.8, 4) is 5.75 Å². The highest BCUT2D eigenvalue weighted by molar-refractivity contribution is 7.80. The van der Waals surface area contributed by atoms with Crippen LogP contribution in [0.4, 0.5) is 0 Å². The molecular weight excluding hydrogens is 206 g/mol. The molecule has 82 valence electrons. The van der Waals surface area contributed by atoms with E-state index in [1.807, 2.05) is 12.1 Å². The number of rotatable bonds is 5. The first-order valence-corrected chi connectivity index (χ1v) is 5.48. The van der Waals surface area contributed by atoms with Crippen LogP contribution in [0, 0.1) is 13.8 Å². The molecule has 1 rings (SSSR count). The summed E-state index contributed by atoms with van der Waals surface area (Å²) in [5.74, 6) is 0.926. The second-order valence-corrected chi connectivity index (χ2v) is 4.27. The Balaban J connectivity index is 2.40. The Morgan fingerprint density at radius 3 is 2.40 bits per heavy atom. The molecule has 3 heteroatoms. The van der Waals surface area contributed by atoms with Crippen LogP contribution in [0.3, 0.4) is 0 Å². The van der Waals surface area contributed by atoms with Crippen LogP contribution in [0.25, 0.3) is 0 Å². The maximum atomic E-state index is 5.60. The van der Waals surface area contributed by atoms with Gasteiger partial charge in [-0.15, -0.1) is 0 Å². The van der Waals surface area contributed by atoms with E-state index in [0.717, 1.165) is 18.6 Å². The van der Waals surface area contributed by atoms with Gasteiger partial charge in [0.1, 0.15) is 5.75 Å². The molecule has 0 radical (unpaired) electrons. The van der Waals surface area contributed by atoms with E-state index in [4.69, 9.17) is 22.7 Å². The topological polar surface area (TPSA) is 35.2 Å². The molecule has 0 amide bonds. The first kappa shape index (κ1) is 12.0. The molecule has 1 aromatic rings. The van der Waals surface area contributed by atoms with Gasteiger partial charge in [0.15, 0.2) is 0 Å². The molecule has 0 aliphatic rings. The molecule has 0 spiro atoms. The molecule has 0 saturated carbocycles. The van der Waals surface area contributed by atoms with Crippen molar-refractivity contribution in [3.05, 3.63) is 29.3 Å². The van der Waals surface area contributed by atoms with Gasteiger partial charge < -0.3 is 10.5 Å². The third-order valence-electron chi connectivity index (χ3n) is 2.03. The summed E-state index contributed by atoms with van der Waals surface area (Å²) in [7, 11) is 0. The van der Waals surface area contributed by atoms with E-state index in [1.54, 1.807) is 0 Å². The lowest BCUT2D eigenvalue weighted by Gasteiger charge is -2.07. The van der Waals surface area contributed by atoms with Crippen LogP contribution in [0.1, 0.15) is 24.0 Å². The van der Waals surface area contributed by atoms with E-state index in [1.165, 1.54) is 11.1 Å². The fraction of sp³-hybridized carbons (Fsp3) is 0.417. The summed E-state index contributed by atoms with van der Waals surface area (Å²) >= 11 is 4.79. The Labute approximate surface area is 96.4 Å². The zero-order chi connectivity index (χ0) is 11.3. The molecule has 0 aliphatic carbocycles. The third-order valence-corrected chi connectivity index (χ3v) is 2.24. The van der Waals surface area contributed by atoms with Gasteiger partial charge in [0.05, 0.1) is 11.6 Å². The first-order chi connectivity index (χ1) is 7.08. The SMILES string of the molecule is Cc1cc(C)cc(OCCCC(N)=S)c1. The van der Waals surface area contributed by atoms with Crippen LogP contribution in [0.2, 0.25) is 0 Å². The van der Waals surface area contributed by atoms with Gasteiger partial charge in [0.25, 0.3) is 0 Å². The lowest BCUT2D eigenvalue weighted by molar-refractivity contribution is 0.313. The molecule has 0 saturated heterocycles. The summed E-state index contributed by atoms with van der Waals surface area (Å²) in [5.41, 5.74) is 7.84. The number of aryl methyl sites for hydroxylation is 2. The quantitative estimate of drug-likeness (QED) is 0.616. The molecule has 0 unspecified atom stereocenters. The zero-order valence-corrected chi connectivity index (χ0v) is 10.1. The average Bonchev–Trinajstić information content (AvgIpc) is 2.10. The Kier molecular flexibility index (Phi) is 4.56. The summed E-state index contributed by atoms with van der Waals surface area (Å²) in [6.07, 6.45) is 1.63. The molecule has 2 N–H and O–H groups in total. The molecule has 0 heterocycles. The summed E-state index contributed by atoms with van der Waals surface area (Å²) in [6, 6.07) is 6.20. The van der Waals surface area contributed by atoms with Gasteiger partial charge in [-0.05, 0) is 43.5 Å². The van der Waals surface area contributed by atoms with Crippen molar-refractivity contribution in [3.63, 3.8) is 0 Å².